The van der Waals surface area contributed by atoms with E-state index in [1.807, 2.05) is 0 Å². The number of ketones is 1. The molecule has 2 aromatic rings. The number of halogens is 3. The summed E-state index contributed by atoms with van der Waals surface area (Å²) in [5.41, 5.74) is 1.35. The fraction of sp³-hybridized carbons (Fsp3) is 0.278. The number of pyridine rings is 1. The molecule has 1 fully saturated rings. The lowest BCUT2D eigenvalue weighted by molar-refractivity contribution is -0.117. The number of hydrogen-bond acceptors (Lipinski definition) is 3. The molecule has 1 unspecified atom stereocenters. The van der Waals surface area contributed by atoms with Crippen LogP contribution in [-0.4, -0.2) is 28.6 Å². The maximum atomic E-state index is 12.9. The van der Waals surface area contributed by atoms with E-state index >= 15 is 0 Å². The van der Waals surface area contributed by atoms with E-state index in [2.05, 4.69) is 10.3 Å². The van der Waals surface area contributed by atoms with Crippen molar-refractivity contribution in [2.24, 2.45) is 0 Å². The summed E-state index contributed by atoms with van der Waals surface area (Å²) < 4.78 is 25.7. The molecule has 1 amide bonds. The molecule has 1 N–H and O–H groups in total. The summed E-state index contributed by atoms with van der Waals surface area (Å²) in [4.78, 5) is 28.0. The van der Waals surface area contributed by atoms with Crippen molar-refractivity contribution in [1.82, 2.24) is 10.3 Å². The Morgan fingerprint density at radius 1 is 1.24 bits per heavy atom. The van der Waals surface area contributed by atoms with E-state index < -0.39 is 17.9 Å². The van der Waals surface area contributed by atoms with Crippen molar-refractivity contribution in [3.05, 3.63) is 64.4 Å². The quantitative estimate of drug-likeness (QED) is 0.856. The van der Waals surface area contributed by atoms with Crippen LogP contribution in [0.1, 0.15) is 28.0 Å². The van der Waals surface area contributed by atoms with Gasteiger partial charge in [0.05, 0.1) is 6.04 Å². The summed E-state index contributed by atoms with van der Waals surface area (Å²) in [6.45, 7) is 0. The summed E-state index contributed by atoms with van der Waals surface area (Å²) in [7, 11) is 0. The highest BCUT2D eigenvalue weighted by Gasteiger charge is 2.57. The van der Waals surface area contributed by atoms with E-state index in [9.17, 15) is 18.4 Å². The first-order valence-corrected chi connectivity index (χ1v) is 8.12. The van der Waals surface area contributed by atoms with E-state index in [1.54, 1.807) is 30.3 Å². The number of benzene rings is 1. The lowest BCUT2D eigenvalue weighted by Gasteiger charge is -2.06. The maximum absolute atomic E-state index is 12.9. The number of Topliss-reactive ketones (excluding diaryl/α,β-unsaturated/α-hetero) is 1. The number of carbonyl (C=O) groups excluding carboxylic acids is 2. The molecule has 0 spiro atoms. The van der Waals surface area contributed by atoms with Crippen LogP contribution in [0.5, 0.6) is 0 Å². The zero-order valence-electron chi connectivity index (χ0n) is 13.1. The first-order valence-electron chi connectivity index (χ1n) is 7.74. The van der Waals surface area contributed by atoms with E-state index in [-0.39, 0.29) is 30.7 Å². The third-order valence-corrected chi connectivity index (χ3v) is 4.30. The van der Waals surface area contributed by atoms with E-state index in [1.165, 1.54) is 12.3 Å². The molecule has 1 aliphatic carbocycles. The van der Waals surface area contributed by atoms with Crippen LogP contribution in [0.25, 0.3) is 0 Å². The van der Waals surface area contributed by atoms with Crippen molar-refractivity contribution in [1.29, 1.82) is 0 Å². The van der Waals surface area contributed by atoms with Gasteiger partial charge in [-0.1, -0.05) is 29.8 Å². The Morgan fingerprint density at radius 3 is 2.64 bits per heavy atom. The summed E-state index contributed by atoms with van der Waals surface area (Å²) in [5.74, 6) is -3.57. The monoisotopic (exact) mass is 364 g/mol. The second kappa shape index (κ2) is 6.88. The van der Waals surface area contributed by atoms with Crippen molar-refractivity contribution in [2.75, 3.05) is 0 Å². The average molecular weight is 365 g/mol. The Bertz CT molecular complexity index is 826. The molecule has 1 saturated carbocycles. The Labute approximate surface area is 148 Å². The minimum absolute atomic E-state index is 0.0192. The third kappa shape index (κ3) is 4.39. The van der Waals surface area contributed by atoms with E-state index in [0.717, 1.165) is 5.56 Å². The molecule has 1 atom stereocenters. The molecule has 1 heterocycles. The van der Waals surface area contributed by atoms with Gasteiger partial charge in [-0.15, -0.1) is 0 Å². The highest BCUT2D eigenvalue weighted by molar-refractivity contribution is 6.31. The normalized spacial score (nSPS) is 17.8. The van der Waals surface area contributed by atoms with Crippen LogP contribution in [0.4, 0.5) is 8.78 Å². The van der Waals surface area contributed by atoms with Gasteiger partial charge in [0.2, 0.25) is 0 Å². The van der Waals surface area contributed by atoms with Crippen LogP contribution in [0.3, 0.4) is 0 Å². The smallest absolute Gasteiger partial charge is 0.270 e. The van der Waals surface area contributed by atoms with Crippen molar-refractivity contribution < 1.29 is 18.4 Å². The number of amides is 1. The second-order valence-electron chi connectivity index (χ2n) is 6.02. The topological polar surface area (TPSA) is 59.1 Å². The number of nitrogens with one attached hydrogen (secondary N) is 1. The van der Waals surface area contributed by atoms with Gasteiger partial charge in [-0.2, -0.15) is 0 Å². The molecule has 1 aromatic carbocycles. The zero-order chi connectivity index (χ0) is 18.0. The fourth-order valence-electron chi connectivity index (χ4n) is 2.45. The van der Waals surface area contributed by atoms with Gasteiger partial charge in [-0.25, -0.2) is 8.78 Å². The van der Waals surface area contributed by atoms with E-state index in [0.29, 0.717) is 10.6 Å². The van der Waals surface area contributed by atoms with Crippen molar-refractivity contribution >= 4 is 23.3 Å². The predicted molar refractivity (Wildman–Crippen MR) is 88.9 cm³/mol. The molecule has 25 heavy (non-hydrogen) atoms. The predicted octanol–water partition coefficient (Wildman–Crippen LogP) is 3.23. The Kier molecular flexibility index (Phi) is 4.81. The lowest BCUT2D eigenvalue weighted by Crippen LogP contribution is -2.30. The van der Waals surface area contributed by atoms with Gasteiger partial charge < -0.3 is 5.32 Å². The third-order valence-electron chi connectivity index (χ3n) is 3.94. The van der Waals surface area contributed by atoms with Crippen LogP contribution in [0.2, 0.25) is 5.02 Å². The second-order valence-corrected chi connectivity index (χ2v) is 6.43. The summed E-state index contributed by atoms with van der Waals surface area (Å²) in [6.07, 6.45) is 1.32. The van der Waals surface area contributed by atoms with Gasteiger partial charge in [0, 0.05) is 30.5 Å². The minimum Gasteiger partial charge on any atom is -0.342 e. The number of alkyl halides is 2. The molecule has 0 saturated heterocycles. The molecule has 130 valence electrons. The number of rotatable bonds is 6. The Morgan fingerprint density at radius 2 is 1.96 bits per heavy atom. The molecule has 1 aromatic heterocycles. The number of nitrogens with zero attached hydrogens (tertiary/aromatic N) is 1. The summed E-state index contributed by atoms with van der Waals surface area (Å²) >= 11 is 6.04. The van der Waals surface area contributed by atoms with E-state index in [4.69, 9.17) is 11.6 Å². The van der Waals surface area contributed by atoms with Gasteiger partial charge in [-0.3, -0.25) is 14.6 Å². The maximum Gasteiger partial charge on any atom is 0.270 e. The molecular formula is C18H15ClF2N2O2. The van der Waals surface area contributed by atoms with Gasteiger partial charge in [0.15, 0.2) is 0 Å². The van der Waals surface area contributed by atoms with Gasteiger partial charge in [0.25, 0.3) is 11.8 Å². The largest absolute Gasteiger partial charge is 0.342 e. The molecule has 7 heteroatoms. The van der Waals surface area contributed by atoms with Gasteiger partial charge in [-0.05, 0) is 29.3 Å². The molecule has 3 rings (SSSR count). The first-order chi connectivity index (χ1) is 11.8. The zero-order valence-corrected chi connectivity index (χ0v) is 13.9. The molecule has 0 radical (unpaired) electrons. The highest BCUT2D eigenvalue weighted by atomic mass is 35.5. The molecule has 0 bridgehead atoms. The number of aromatic nitrogens is 1. The minimum atomic E-state index is -2.84. The van der Waals surface area contributed by atoms with Gasteiger partial charge in [0.1, 0.15) is 11.5 Å². The number of carbonyl (C=O) groups is 2. The molecule has 1 aliphatic rings. The molecular weight excluding hydrogens is 350 g/mol. The van der Waals surface area contributed by atoms with Crippen molar-refractivity contribution in [2.45, 2.75) is 31.2 Å². The number of hydrogen-bond donors (Lipinski definition) is 1. The highest BCUT2D eigenvalue weighted by Crippen LogP contribution is 2.41. The average Bonchev–Trinajstić information content (AvgIpc) is 3.16. The Balaban J connectivity index is 1.62. The van der Waals surface area contributed by atoms with Crippen molar-refractivity contribution in [3.63, 3.8) is 0 Å². The van der Waals surface area contributed by atoms with Crippen LogP contribution >= 0.6 is 11.6 Å². The summed E-state index contributed by atoms with van der Waals surface area (Å²) in [6, 6.07) is 9.01. The van der Waals surface area contributed by atoms with Crippen LogP contribution in [-0.2, 0) is 17.6 Å². The van der Waals surface area contributed by atoms with Crippen molar-refractivity contribution in [3.8, 4) is 0 Å². The fourth-order valence-corrected chi connectivity index (χ4v) is 2.66. The van der Waals surface area contributed by atoms with Crippen LogP contribution in [0, 0.1) is 0 Å². The van der Waals surface area contributed by atoms with Gasteiger partial charge >= 0.3 is 0 Å². The lowest BCUT2D eigenvalue weighted by atomic mass is 10.0. The summed E-state index contributed by atoms with van der Waals surface area (Å²) in [5, 5.41) is 2.76. The molecule has 0 aliphatic heterocycles. The van der Waals surface area contributed by atoms with Crippen LogP contribution < -0.4 is 5.32 Å². The first kappa shape index (κ1) is 17.5. The SMILES string of the molecule is O=C(Cc1ccnc(C(=O)NC2CC2(F)F)c1)Cc1ccccc1Cl. The Hall–Kier alpha value is -2.34. The standard InChI is InChI=1S/C18H15ClF2N2O2/c19-14-4-2-1-3-12(14)9-13(24)7-11-5-6-22-15(8-11)17(25)23-16-10-18(16,20)21/h1-6,8,16H,7,9-10H2,(H,23,25). The molecule has 4 nitrogen and oxygen atoms in total. The van der Waals surface area contributed by atoms with Crippen LogP contribution in [0.15, 0.2) is 42.6 Å².